The lowest BCUT2D eigenvalue weighted by atomic mass is 9.93. The molecule has 1 amide bonds. The van der Waals surface area contributed by atoms with Crippen LogP contribution >= 0.6 is 15.9 Å². The number of ketones is 2. The largest absolute Gasteiger partial charge is 0.327 e. The number of aryl methyl sites for hydroxylation is 1. The van der Waals surface area contributed by atoms with Crippen molar-refractivity contribution >= 4 is 44.3 Å². The first kappa shape index (κ1) is 34.3. The second kappa shape index (κ2) is 13.9. The van der Waals surface area contributed by atoms with Crippen LogP contribution in [0.2, 0.25) is 0 Å². The maximum Gasteiger partial charge on any atom is 0.245 e. The third kappa shape index (κ3) is 6.67. The Morgan fingerprint density at radius 2 is 1.88 bits per heavy atom. The van der Waals surface area contributed by atoms with E-state index >= 15 is 0 Å². The summed E-state index contributed by atoms with van der Waals surface area (Å²) in [4.78, 5) is 58.8. The van der Waals surface area contributed by atoms with E-state index in [9.17, 15) is 18.8 Å². The molecule has 3 aromatic heterocycles. The highest BCUT2D eigenvalue weighted by Crippen LogP contribution is 2.61. The van der Waals surface area contributed by atoms with Gasteiger partial charge in [0.2, 0.25) is 5.91 Å². The van der Waals surface area contributed by atoms with Crippen molar-refractivity contribution in [1.82, 2.24) is 34.5 Å². The van der Waals surface area contributed by atoms with E-state index in [4.69, 9.17) is 4.98 Å². The summed E-state index contributed by atoms with van der Waals surface area (Å²) in [6, 6.07) is 6.66. The van der Waals surface area contributed by atoms with E-state index < -0.39 is 12.7 Å². The molecule has 2 aliphatic heterocycles. The number of aromatic nitrogens is 5. The van der Waals surface area contributed by atoms with Gasteiger partial charge in [-0.05, 0) is 97.9 Å². The molecule has 1 aromatic carbocycles. The van der Waals surface area contributed by atoms with E-state index in [1.165, 1.54) is 11.6 Å². The average molecular weight is 743 g/mol. The summed E-state index contributed by atoms with van der Waals surface area (Å²) in [7, 11) is 2.09. The van der Waals surface area contributed by atoms with Crippen LogP contribution in [0, 0.1) is 12.3 Å². The Bertz CT molecular complexity index is 2010. The number of carbonyl (C=O) groups is 3. The molecular formula is C38H41BrFN7O3. The monoisotopic (exact) mass is 741 g/mol. The Labute approximate surface area is 299 Å². The van der Waals surface area contributed by atoms with Gasteiger partial charge in [-0.15, -0.1) is 0 Å². The number of carbonyl (C=O) groups excluding carboxylic acids is 3. The standard InChI is InChI=1S/C38H41BrFN7O3/c1-23(48)36-29-14-26(28-19-41-24(2)42-20-28)13-27(18-40)37(29)46(44-36)22-35(50)47-31-16-38(17-33(38)47)11-7-5-4-6-8-12-45(3)21-25-9-10-34(39)43-30(25)15-32(31)49/h7,9-11,13-14,19-20,31,33H,4-6,8,12,15-18,21-22H2,1-3H3/t31-,33+,38-/m0/s1. The van der Waals surface area contributed by atoms with Crippen molar-refractivity contribution in [1.29, 1.82) is 0 Å². The number of amides is 1. The lowest BCUT2D eigenvalue weighted by Gasteiger charge is -2.27. The van der Waals surface area contributed by atoms with Crippen molar-refractivity contribution in [3.8, 4) is 11.1 Å². The Kier molecular flexibility index (Phi) is 9.51. The Balaban J connectivity index is 1.24. The molecule has 1 spiro atoms. The number of likely N-dealkylation sites (tertiary alicyclic amines) is 1. The lowest BCUT2D eigenvalue weighted by molar-refractivity contribution is -0.139. The fourth-order valence-electron chi connectivity index (χ4n) is 7.83. The highest BCUT2D eigenvalue weighted by Gasteiger charge is 2.65. The van der Waals surface area contributed by atoms with Crippen molar-refractivity contribution in [3.05, 3.63) is 81.8 Å². The molecule has 0 radical (unpaired) electrons. The van der Waals surface area contributed by atoms with Gasteiger partial charge in [0.15, 0.2) is 11.6 Å². The number of piperidine rings is 1. The molecule has 3 aliphatic rings. The molecule has 1 saturated heterocycles. The van der Waals surface area contributed by atoms with Crippen LogP contribution in [0.1, 0.15) is 78.6 Å². The molecule has 260 valence electrons. The minimum atomic E-state index is -0.827. The van der Waals surface area contributed by atoms with Crippen LogP contribution in [0.4, 0.5) is 4.39 Å². The van der Waals surface area contributed by atoms with Crippen LogP contribution in [-0.4, -0.2) is 77.7 Å². The van der Waals surface area contributed by atoms with Gasteiger partial charge in [-0.25, -0.2) is 19.3 Å². The first-order valence-corrected chi connectivity index (χ1v) is 18.1. The number of alkyl halides is 1. The van der Waals surface area contributed by atoms with E-state index in [0.717, 1.165) is 44.2 Å². The second-order valence-electron chi connectivity index (χ2n) is 14.1. The normalized spacial score (nSPS) is 22.8. The van der Waals surface area contributed by atoms with Crippen LogP contribution in [0.15, 0.2) is 53.4 Å². The van der Waals surface area contributed by atoms with Crippen LogP contribution in [0.3, 0.4) is 0 Å². The summed E-state index contributed by atoms with van der Waals surface area (Å²) in [6.07, 6.45) is 13.5. The zero-order valence-corrected chi connectivity index (χ0v) is 30.2. The van der Waals surface area contributed by atoms with Gasteiger partial charge in [-0.2, -0.15) is 5.10 Å². The smallest absolute Gasteiger partial charge is 0.245 e. The lowest BCUT2D eigenvalue weighted by Crippen LogP contribution is -2.45. The molecule has 50 heavy (non-hydrogen) atoms. The average Bonchev–Trinajstić information content (AvgIpc) is 3.49. The molecule has 0 unspecified atom stereocenters. The van der Waals surface area contributed by atoms with Crippen molar-refractivity contribution in [3.63, 3.8) is 0 Å². The minimum Gasteiger partial charge on any atom is -0.327 e. The molecular weight excluding hydrogens is 701 g/mol. The molecule has 0 N–H and O–H groups in total. The van der Waals surface area contributed by atoms with E-state index in [1.54, 1.807) is 36.4 Å². The summed E-state index contributed by atoms with van der Waals surface area (Å²) >= 11 is 3.49. The topological polar surface area (TPSA) is 114 Å². The fourth-order valence-corrected chi connectivity index (χ4v) is 8.17. The van der Waals surface area contributed by atoms with Gasteiger partial charge in [-0.3, -0.25) is 19.1 Å². The number of hydrogen-bond donors (Lipinski definition) is 0. The second-order valence-corrected chi connectivity index (χ2v) is 14.9. The zero-order chi connectivity index (χ0) is 35.2. The van der Waals surface area contributed by atoms with E-state index in [2.05, 4.69) is 55.1 Å². The van der Waals surface area contributed by atoms with Crippen molar-refractivity contribution in [2.24, 2.45) is 5.41 Å². The van der Waals surface area contributed by atoms with Crippen molar-refractivity contribution in [2.45, 2.75) is 90.6 Å². The van der Waals surface area contributed by atoms with Crippen LogP contribution in [0.25, 0.3) is 22.0 Å². The summed E-state index contributed by atoms with van der Waals surface area (Å²) in [6.45, 7) is 3.78. The molecule has 1 aliphatic carbocycles. The fraction of sp³-hybridized carbons (Fsp3) is 0.447. The highest BCUT2D eigenvalue weighted by molar-refractivity contribution is 9.10. The van der Waals surface area contributed by atoms with Gasteiger partial charge >= 0.3 is 0 Å². The van der Waals surface area contributed by atoms with E-state index in [1.807, 2.05) is 12.1 Å². The number of benzene rings is 1. The number of rotatable bonds is 5. The summed E-state index contributed by atoms with van der Waals surface area (Å²) in [5.74, 6) is -0.0165. The summed E-state index contributed by atoms with van der Waals surface area (Å²) in [5.41, 5.74) is 3.66. The number of Topliss-reactive ketones (excluding diaryl/α,β-unsaturated/α-hetero) is 2. The Hall–Kier alpha value is -4.16. The third-order valence-corrected chi connectivity index (χ3v) is 10.9. The Morgan fingerprint density at radius 1 is 1.08 bits per heavy atom. The number of hydrogen-bond acceptors (Lipinski definition) is 8. The van der Waals surface area contributed by atoms with Gasteiger partial charge in [0.1, 0.15) is 29.3 Å². The quantitative estimate of drug-likeness (QED) is 0.132. The maximum atomic E-state index is 14.7. The summed E-state index contributed by atoms with van der Waals surface area (Å²) < 4.78 is 16.8. The minimum absolute atomic E-state index is 0.0518. The molecule has 10 nitrogen and oxygen atoms in total. The first-order valence-electron chi connectivity index (χ1n) is 17.3. The maximum absolute atomic E-state index is 14.7. The number of nitrogens with zero attached hydrogens (tertiary/aromatic N) is 7. The molecule has 12 heteroatoms. The molecule has 3 atom stereocenters. The number of allylic oxidation sites excluding steroid dienone is 1. The van der Waals surface area contributed by atoms with Crippen molar-refractivity contribution < 1.29 is 18.8 Å². The molecule has 5 heterocycles. The molecule has 2 bridgehead atoms. The van der Waals surface area contributed by atoms with Gasteiger partial charge in [-0.1, -0.05) is 24.6 Å². The van der Waals surface area contributed by atoms with Crippen LogP contribution in [0.5, 0.6) is 0 Å². The SMILES string of the molecule is CC(=O)c1nn(CC(=O)N2[C@H]3C[C@@]4(C=CCCCCCN(C)Cc5ccc(Br)nc5CC3=O)C[C@@H]24)c2c(CF)cc(-c3cnc(C)nc3)cc12. The Morgan fingerprint density at radius 3 is 2.64 bits per heavy atom. The van der Waals surface area contributed by atoms with Crippen LogP contribution in [-0.2, 0) is 35.8 Å². The highest BCUT2D eigenvalue weighted by atomic mass is 79.9. The van der Waals surface area contributed by atoms with Crippen molar-refractivity contribution in [2.75, 3.05) is 13.6 Å². The van der Waals surface area contributed by atoms with Gasteiger partial charge in [0.25, 0.3) is 0 Å². The predicted octanol–water partition coefficient (Wildman–Crippen LogP) is 6.36. The van der Waals surface area contributed by atoms with E-state index in [0.29, 0.717) is 56.7 Å². The predicted molar refractivity (Wildman–Crippen MR) is 191 cm³/mol. The number of fused-ring (bicyclic) bond motifs is 3. The zero-order valence-electron chi connectivity index (χ0n) is 28.7. The summed E-state index contributed by atoms with van der Waals surface area (Å²) in [5, 5.41) is 5.04. The molecule has 4 aromatic rings. The first-order chi connectivity index (χ1) is 24.1. The number of pyridine rings is 1. The molecule has 1 saturated carbocycles. The molecule has 2 fully saturated rings. The van der Waals surface area contributed by atoms with Crippen LogP contribution < -0.4 is 0 Å². The number of halogens is 2. The van der Waals surface area contributed by atoms with E-state index in [-0.39, 0.29) is 47.6 Å². The molecule has 7 rings (SSSR count). The third-order valence-electron chi connectivity index (χ3n) is 10.5. The van der Waals surface area contributed by atoms with Gasteiger partial charge in [0.05, 0.1) is 23.7 Å². The van der Waals surface area contributed by atoms with Gasteiger partial charge < -0.3 is 9.80 Å². The van der Waals surface area contributed by atoms with Gasteiger partial charge in [0, 0.05) is 53.8 Å².